The third-order valence-electron chi connectivity index (χ3n) is 5.16. The summed E-state index contributed by atoms with van der Waals surface area (Å²) >= 11 is 0. The number of aryl methyl sites for hydroxylation is 1. The van der Waals surface area contributed by atoms with E-state index in [4.69, 9.17) is 15.9 Å². The summed E-state index contributed by atoms with van der Waals surface area (Å²) in [5.74, 6) is 1.09. The van der Waals surface area contributed by atoms with Gasteiger partial charge in [-0.15, -0.1) is 0 Å². The third-order valence-corrected chi connectivity index (χ3v) is 5.16. The highest BCUT2D eigenvalue weighted by atomic mass is 16.5. The van der Waals surface area contributed by atoms with E-state index in [-0.39, 0.29) is 17.8 Å². The first-order valence-electron chi connectivity index (χ1n) is 10.2. The molecule has 1 aromatic carbocycles. The van der Waals surface area contributed by atoms with E-state index >= 15 is 0 Å². The summed E-state index contributed by atoms with van der Waals surface area (Å²) in [6.07, 6.45) is 4.30. The summed E-state index contributed by atoms with van der Waals surface area (Å²) in [4.78, 5) is 24.7. The van der Waals surface area contributed by atoms with Crippen LogP contribution in [0.5, 0.6) is 5.75 Å². The molecule has 29 heavy (non-hydrogen) atoms. The van der Waals surface area contributed by atoms with Crippen LogP contribution in [-0.4, -0.2) is 62.4 Å². The number of nitrogens with one attached hydrogen (secondary N) is 3. The van der Waals surface area contributed by atoms with Gasteiger partial charge in [0.25, 0.3) is 0 Å². The van der Waals surface area contributed by atoms with Gasteiger partial charge in [-0.25, -0.2) is 0 Å². The van der Waals surface area contributed by atoms with Crippen molar-refractivity contribution in [3.63, 3.8) is 0 Å². The molecule has 8 nitrogen and oxygen atoms in total. The van der Waals surface area contributed by atoms with Gasteiger partial charge in [-0.1, -0.05) is 12.1 Å². The summed E-state index contributed by atoms with van der Waals surface area (Å²) < 4.78 is 6.01. The minimum atomic E-state index is -0.166. The standard InChI is InChI=1S/C21H33N5O3/c1-3-26(2)21(28)18(15-9-10-15)25-12-13-29-19-16(7-5-11-24-14-27)6-4-8-17(19)20(22)23/h4,6,8,14-15,18,25H,3,5,7,9-13H2,1-2H3,(H3,22,23)(H,24,27). The average molecular weight is 404 g/mol. The van der Waals surface area contributed by atoms with E-state index < -0.39 is 0 Å². The second-order valence-corrected chi connectivity index (χ2v) is 7.35. The molecule has 160 valence electrons. The first-order chi connectivity index (χ1) is 14.0. The Morgan fingerprint density at radius 2 is 2.17 bits per heavy atom. The molecule has 1 fully saturated rings. The van der Waals surface area contributed by atoms with Crippen molar-refractivity contribution >= 4 is 18.2 Å². The van der Waals surface area contributed by atoms with Crippen LogP contribution in [0, 0.1) is 11.3 Å². The van der Waals surface area contributed by atoms with Crippen LogP contribution in [0.3, 0.4) is 0 Å². The minimum absolute atomic E-state index is 0.0450. The number of amides is 2. The molecule has 0 aliphatic heterocycles. The molecule has 1 atom stereocenters. The Morgan fingerprint density at radius 3 is 2.79 bits per heavy atom. The fourth-order valence-corrected chi connectivity index (χ4v) is 3.25. The zero-order chi connectivity index (χ0) is 21.2. The van der Waals surface area contributed by atoms with Crippen molar-refractivity contribution in [1.82, 2.24) is 15.5 Å². The fraction of sp³-hybridized carbons (Fsp3) is 0.571. The Morgan fingerprint density at radius 1 is 1.41 bits per heavy atom. The Kier molecular flexibility index (Phi) is 8.92. The molecule has 0 bridgehead atoms. The van der Waals surface area contributed by atoms with Gasteiger partial charge < -0.3 is 26.0 Å². The zero-order valence-corrected chi connectivity index (χ0v) is 17.4. The van der Waals surface area contributed by atoms with Gasteiger partial charge in [-0.3, -0.25) is 15.0 Å². The molecule has 1 aromatic rings. The lowest BCUT2D eigenvalue weighted by molar-refractivity contribution is -0.132. The topological polar surface area (TPSA) is 121 Å². The normalized spacial score (nSPS) is 14.1. The van der Waals surface area contributed by atoms with E-state index in [0.29, 0.717) is 56.3 Å². The van der Waals surface area contributed by atoms with Gasteiger partial charge in [0.05, 0.1) is 11.6 Å². The van der Waals surface area contributed by atoms with E-state index in [1.165, 1.54) is 0 Å². The van der Waals surface area contributed by atoms with Crippen molar-refractivity contribution in [2.45, 2.75) is 38.6 Å². The molecule has 0 saturated heterocycles. The smallest absolute Gasteiger partial charge is 0.239 e. The van der Waals surface area contributed by atoms with E-state index in [9.17, 15) is 9.59 Å². The molecule has 0 heterocycles. The number of carbonyl (C=O) groups is 2. The lowest BCUT2D eigenvalue weighted by Gasteiger charge is -2.24. The van der Waals surface area contributed by atoms with Crippen LogP contribution in [0.4, 0.5) is 0 Å². The Labute approximate surface area is 172 Å². The predicted molar refractivity (Wildman–Crippen MR) is 113 cm³/mol. The first kappa shape index (κ1) is 22.7. The van der Waals surface area contributed by atoms with E-state index in [1.54, 1.807) is 11.0 Å². The first-order valence-corrected chi connectivity index (χ1v) is 10.2. The monoisotopic (exact) mass is 403 g/mol. The van der Waals surface area contributed by atoms with Crippen LogP contribution in [0.15, 0.2) is 18.2 Å². The summed E-state index contributed by atoms with van der Waals surface area (Å²) in [6.45, 7) is 4.13. The Hall–Kier alpha value is -2.61. The molecular formula is C21H33N5O3. The molecular weight excluding hydrogens is 370 g/mol. The van der Waals surface area contributed by atoms with Crippen molar-refractivity contribution in [3.05, 3.63) is 29.3 Å². The number of likely N-dealkylation sites (N-methyl/N-ethyl adjacent to an activating group) is 1. The van der Waals surface area contributed by atoms with Crippen LogP contribution in [-0.2, 0) is 16.0 Å². The van der Waals surface area contributed by atoms with Crippen LogP contribution >= 0.6 is 0 Å². The molecule has 0 radical (unpaired) electrons. The van der Waals surface area contributed by atoms with Crippen LogP contribution in [0.2, 0.25) is 0 Å². The maximum atomic E-state index is 12.5. The van der Waals surface area contributed by atoms with Crippen molar-refractivity contribution in [1.29, 1.82) is 5.41 Å². The lowest BCUT2D eigenvalue weighted by Crippen LogP contribution is -2.47. The zero-order valence-electron chi connectivity index (χ0n) is 17.4. The maximum Gasteiger partial charge on any atom is 0.239 e. The van der Waals surface area contributed by atoms with Gasteiger partial charge >= 0.3 is 0 Å². The number of amidine groups is 1. The maximum absolute atomic E-state index is 12.5. The second-order valence-electron chi connectivity index (χ2n) is 7.35. The molecule has 2 amide bonds. The van der Waals surface area contributed by atoms with Gasteiger partial charge in [0.15, 0.2) is 0 Å². The van der Waals surface area contributed by atoms with Crippen molar-refractivity contribution in [2.24, 2.45) is 11.7 Å². The number of nitrogen functional groups attached to an aromatic ring is 1. The molecule has 1 saturated carbocycles. The van der Waals surface area contributed by atoms with Gasteiger partial charge in [-0.2, -0.15) is 0 Å². The van der Waals surface area contributed by atoms with Crippen LogP contribution < -0.4 is 21.1 Å². The quantitative estimate of drug-likeness (QED) is 0.159. The Bertz CT molecular complexity index is 706. The molecule has 1 aliphatic rings. The van der Waals surface area contributed by atoms with E-state index in [0.717, 1.165) is 24.8 Å². The van der Waals surface area contributed by atoms with E-state index in [2.05, 4.69) is 10.6 Å². The number of ether oxygens (including phenoxy) is 1. The van der Waals surface area contributed by atoms with Crippen molar-refractivity contribution in [3.8, 4) is 5.75 Å². The lowest BCUT2D eigenvalue weighted by atomic mass is 10.0. The summed E-state index contributed by atoms with van der Waals surface area (Å²) in [7, 11) is 1.82. The largest absolute Gasteiger partial charge is 0.491 e. The number of benzene rings is 1. The molecule has 2 rings (SSSR count). The van der Waals surface area contributed by atoms with Gasteiger partial charge in [-0.05, 0) is 50.2 Å². The predicted octanol–water partition coefficient (Wildman–Crippen LogP) is 0.875. The van der Waals surface area contributed by atoms with Crippen molar-refractivity contribution < 1.29 is 14.3 Å². The van der Waals surface area contributed by atoms with Crippen molar-refractivity contribution in [2.75, 3.05) is 33.3 Å². The average Bonchev–Trinajstić information content (AvgIpc) is 3.55. The minimum Gasteiger partial charge on any atom is -0.491 e. The number of hydrogen-bond donors (Lipinski definition) is 4. The molecule has 1 unspecified atom stereocenters. The highest BCUT2D eigenvalue weighted by Gasteiger charge is 2.36. The molecule has 0 spiro atoms. The highest BCUT2D eigenvalue weighted by molar-refractivity contribution is 5.98. The van der Waals surface area contributed by atoms with Crippen LogP contribution in [0.25, 0.3) is 0 Å². The fourth-order valence-electron chi connectivity index (χ4n) is 3.25. The van der Waals surface area contributed by atoms with E-state index in [1.807, 2.05) is 26.1 Å². The molecule has 8 heteroatoms. The van der Waals surface area contributed by atoms with Gasteiger partial charge in [0.2, 0.25) is 12.3 Å². The molecule has 1 aliphatic carbocycles. The number of nitrogens with zero attached hydrogens (tertiary/aromatic N) is 1. The van der Waals surface area contributed by atoms with Gasteiger partial charge in [0, 0.05) is 26.7 Å². The number of nitrogens with two attached hydrogens (primary N) is 1. The summed E-state index contributed by atoms with van der Waals surface area (Å²) in [6, 6.07) is 5.40. The second kappa shape index (κ2) is 11.4. The highest BCUT2D eigenvalue weighted by Crippen LogP contribution is 2.33. The summed E-state index contributed by atoms with van der Waals surface area (Å²) in [5, 5.41) is 13.8. The van der Waals surface area contributed by atoms with Gasteiger partial charge in [0.1, 0.15) is 18.2 Å². The molecule has 5 N–H and O–H groups in total. The Balaban J connectivity index is 1.96. The summed E-state index contributed by atoms with van der Waals surface area (Å²) in [5.41, 5.74) is 7.24. The molecule has 0 aromatic heterocycles. The number of para-hydroxylation sites is 1. The third kappa shape index (κ3) is 6.74. The SMILES string of the molecule is CCN(C)C(=O)C(NCCOc1c(CCCNC=O)cccc1C(=N)N)C1CC1. The number of carbonyl (C=O) groups excluding carboxylic acids is 2. The number of hydrogen-bond acceptors (Lipinski definition) is 5. The number of rotatable bonds is 14. The van der Waals surface area contributed by atoms with Crippen LogP contribution in [0.1, 0.15) is 37.3 Å².